The van der Waals surface area contributed by atoms with Crippen LogP contribution < -0.4 is 9.80 Å². The molecule has 2 aromatic carbocycles. The highest BCUT2D eigenvalue weighted by atomic mass is 32.1. The van der Waals surface area contributed by atoms with E-state index in [4.69, 9.17) is 4.98 Å². The van der Waals surface area contributed by atoms with Crippen LogP contribution in [0.5, 0.6) is 0 Å². The van der Waals surface area contributed by atoms with Crippen molar-refractivity contribution in [2.24, 2.45) is 5.92 Å². The minimum absolute atomic E-state index is 0.0702. The molecule has 0 bridgehead atoms. The molecule has 6 heteroatoms. The largest absolute Gasteiger partial charge is 0.368 e. The summed E-state index contributed by atoms with van der Waals surface area (Å²) in [5.74, 6) is 0.398. The van der Waals surface area contributed by atoms with Gasteiger partial charge < -0.3 is 14.7 Å². The van der Waals surface area contributed by atoms with Crippen LogP contribution in [-0.4, -0.2) is 55.1 Å². The Morgan fingerprint density at radius 2 is 1.76 bits per heavy atom. The second-order valence-corrected chi connectivity index (χ2v) is 10.8. The zero-order valence-electron chi connectivity index (χ0n) is 20.2. The Morgan fingerprint density at radius 3 is 2.55 bits per heavy atom. The van der Waals surface area contributed by atoms with Crippen LogP contribution in [0.25, 0.3) is 10.2 Å². The number of thiazole rings is 1. The second kappa shape index (κ2) is 8.98. The van der Waals surface area contributed by atoms with Gasteiger partial charge in [0.1, 0.15) is 0 Å². The lowest BCUT2D eigenvalue weighted by molar-refractivity contribution is -0.136. The van der Waals surface area contributed by atoms with Gasteiger partial charge in [-0.3, -0.25) is 4.79 Å². The van der Waals surface area contributed by atoms with Crippen molar-refractivity contribution in [3.05, 3.63) is 52.6 Å². The van der Waals surface area contributed by atoms with Crippen molar-refractivity contribution in [1.82, 2.24) is 9.88 Å². The number of nitrogens with zero attached hydrogens (tertiary/aromatic N) is 4. The fraction of sp³-hybridized carbons (Fsp3) is 0.481. The first-order chi connectivity index (χ1) is 15.9. The number of piperidine rings is 1. The molecule has 174 valence electrons. The van der Waals surface area contributed by atoms with E-state index in [2.05, 4.69) is 72.7 Å². The van der Waals surface area contributed by atoms with E-state index in [-0.39, 0.29) is 5.92 Å². The van der Waals surface area contributed by atoms with Crippen molar-refractivity contribution in [3.63, 3.8) is 0 Å². The first-order valence-electron chi connectivity index (χ1n) is 12.1. The van der Waals surface area contributed by atoms with Crippen molar-refractivity contribution >= 4 is 38.3 Å². The molecule has 1 unspecified atom stereocenters. The molecule has 1 atom stereocenters. The Labute approximate surface area is 201 Å². The first-order valence-corrected chi connectivity index (χ1v) is 12.9. The highest BCUT2D eigenvalue weighted by molar-refractivity contribution is 7.22. The van der Waals surface area contributed by atoms with Crippen LogP contribution in [-0.2, 0) is 4.79 Å². The summed E-state index contributed by atoms with van der Waals surface area (Å²) in [6, 6.07) is 10.9. The van der Waals surface area contributed by atoms with E-state index in [1.54, 1.807) is 11.3 Å². The number of fused-ring (bicyclic) bond motifs is 1. The van der Waals surface area contributed by atoms with Gasteiger partial charge in [0, 0.05) is 45.0 Å². The van der Waals surface area contributed by atoms with Crippen LogP contribution in [0.1, 0.15) is 35.1 Å². The van der Waals surface area contributed by atoms with Crippen LogP contribution in [0.3, 0.4) is 0 Å². The number of piperazine rings is 1. The lowest BCUT2D eigenvalue weighted by atomic mass is 9.96. The van der Waals surface area contributed by atoms with Gasteiger partial charge in [-0.15, -0.1) is 0 Å². The summed E-state index contributed by atoms with van der Waals surface area (Å²) in [4.78, 5) is 25.3. The summed E-state index contributed by atoms with van der Waals surface area (Å²) in [7, 11) is 0. The third-order valence-corrected chi connectivity index (χ3v) is 8.43. The molecule has 33 heavy (non-hydrogen) atoms. The maximum atomic E-state index is 13.4. The highest BCUT2D eigenvalue weighted by Gasteiger charge is 2.32. The maximum Gasteiger partial charge on any atom is 0.227 e. The Balaban J connectivity index is 1.24. The summed E-state index contributed by atoms with van der Waals surface area (Å²) in [5, 5.41) is 1.07. The number of carbonyl (C=O) groups is 1. The smallest absolute Gasteiger partial charge is 0.227 e. The molecule has 0 saturated carbocycles. The monoisotopic (exact) mass is 462 g/mol. The van der Waals surface area contributed by atoms with E-state index >= 15 is 0 Å². The molecule has 0 aliphatic carbocycles. The Morgan fingerprint density at radius 1 is 0.970 bits per heavy atom. The van der Waals surface area contributed by atoms with Crippen molar-refractivity contribution in [1.29, 1.82) is 0 Å². The van der Waals surface area contributed by atoms with E-state index in [1.165, 1.54) is 32.6 Å². The molecule has 0 spiro atoms. The molecule has 5 rings (SSSR count). The van der Waals surface area contributed by atoms with Gasteiger partial charge in [-0.25, -0.2) is 4.98 Å². The predicted octanol–water partition coefficient (Wildman–Crippen LogP) is 5.10. The van der Waals surface area contributed by atoms with E-state index in [0.29, 0.717) is 5.91 Å². The molecule has 2 aliphatic rings. The maximum absolute atomic E-state index is 13.4. The number of anilines is 2. The number of carbonyl (C=O) groups excluding carboxylic acids is 1. The Bertz CT molecular complexity index is 1180. The van der Waals surface area contributed by atoms with Crippen molar-refractivity contribution in [2.45, 2.75) is 40.5 Å². The van der Waals surface area contributed by atoms with Gasteiger partial charge in [0.15, 0.2) is 5.13 Å². The highest BCUT2D eigenvalue weighted by Crippen LogP contribution is 2.34. The number of aromatic nitrogens is 1. The molecule has 2 aliphatic heterocycles. The molecule has 2 saturated heterocycles. The third-order valence-electron chi connectivity index (χ3n) is 7.37. The number of amides is 1. The molecule has 0 N–H and O–H groups in total. The molecular formula is C27H34N4OS. The van der Waals surface area contributed by atoms with E-state index < -0.39 is 0 Å². The topological polar surface area (TPSA) is 39.7 Å². The molecule has 3 aromatic rings. The lowest BCUT2D eigenvalue weighted by Gasteiger charge is -2.40. The second-order valence-electron chi connectivity index (χ2n) is 9.74. The molecule has 1 amide bonds. The minimum Gasteiger partial charge on any atom is -0.368 e. The summed E-state index contributed by atoms with van der Waals surface area (Å²) in [5.41, 5.74) is 7.61. The van der Waals surface area contributed by atoms with Gasteiger partial charge in [-0.05, 0) is 74.9 Å². The van der Waals surface area contributed by atoms with E-state index in [1.807, 2.05) is 0 Å². The van der Waals surface area contributed by atoms with E-state index in [9.17, 15) is 4.79 Å². The van der Waals surface area contributed by atoms with Gasteiger partial charge in [0.05, 0.1) is 16.1 Å². The molecule has 2 fully saturated rings. The van der Waals surface area contributed by atoms with Crippen molar-refractivity contribution in [2.75, 3.05) is 49.1 Å². The molecule has 3 heterocycles. The SMILES string of the molecule is Cc1cc(C)c2nc(N3CCCC(C(=O)N4CCN(c5cccc(C)c5C)CC4)C3)sc2c1. The summed E-state index contributed by atoms with van der Waals surface area (Å²) >= 11 is 1.77. The lowest BCUT2D eigenvalue weighted by Crippen LogP contribution is -2.52. The summed E-state index contributed by atoms with van der Waals surface area (Å²) < 4.78 is 1.25. The summed E-state index contributed by atoms with van der Waals surface area (Å²) in [6.45, 7) is 13.8. The molecule has 0 radical (unpaired) electrons. The minimum atomic E-state index is 0.0702. The van der Waals surface area contributed by atoms with Gasteiger partial charge in [0.2, 0.25) is 5.91 Å². The zero-order valence-corrected chi connectivity index (χ0v) is 21.0. The zero-order chi connectivity index (χ0) is 23.1. The van der Waals surface area contributed by atoms with Crippen LogP contribution in [0.2, 0.25) is 0 Å². The summed E-state index contributed by atoms with van der Waals surface area (Å²) in [6.07, 6.45) is 2.03. The van der Waals surface area contributed by atoms with Crippen LogP contribution in [0.15, 0.2) is 30.3 Å². The number of benzene rings is 2. The van der Waals surface area contributed by atoms with Gasteiger partial charge in [-0.2, -0.15) is 0 Å². The number of rotatable bonds is 3. The van der Waals surface area contributed by atoms with Gasteiger partial charge >= 0.3 is 0 Å². The first kappa shape index (κ1) is 22.2. The number of aryl methyl sites for hydroxylation is 3. The quantitative estimate of drug-likeness (QED) is 0.543. The Kier molecular flexibility index (Phi) is 6.04. The van der Waals surface area contributed by atoms with Crippen molar-refractivity contribution < 1.29 is 4.79 Å². The van der Waals surface area contributed by atoms with Crippen LogP contribution in [0, 0.1) is 33.6 Å². The van der Waals surface area contributed by atoms with E-state index in [0.717, 1.165) is 62.8 Å². The van der Waals surface area contributed by atoms with Gasteiger partial charge in [0.25, 0.3) is 0 Å². The number of hydrogen-bond donors (Lipinski definition) is 0. The van der Waals surface area contributed by atoms with Crippen molar-refractivity contribution in [3.8, 4) is 0 Å². The van der Waals surface area contributed by atoms with Gasteiger partial charge in [-0.1, -0.05) is 29.5 Å². The Hall–Kier alpha value is -2.60. The number of hydrogen-bond acceptors (Lipinski definition) is 5. The normalized spacial score (nSPS) is 19.4. The molecular weight excluding hydrogens is 428 g/mol. The standard InChI is InChI=1S/C27H34N4OS/c1-18-15-20(3)25-24(16-18)33-27(28-25)31-10-6-8-22(17-31)26(32)30-13-11-29(12-14-30)23-9-5-7-19(2)21(23)4/h5,7,9,15-16,22H,6,8,10-14,17H2,1-4H3. The average Bonchev–Trinajstić information content (AvgIpc) is 3.25. The fourth-order valence-corrected chi connectivity index (χ4v) is 6.53. The van der Waals surface area contributed by atoms with Crippen LogP contribution in [0.4, 0.5) is 10.8 Å². The fourth-order valence-electron chi connectivity index (χ4n) is 5.35. The van der Waals surface area contributed by atoms with Crippen LogP contribution >= 0.6 is 11.3 Å². The average molecular weight is 463 g/mol. The predicted molar refractivity (Wildman–Crippen MR) is 139 cm³/mol. The third kappa shape index (κ3) is 4.33. The molecule has 1 aromatic heterocycles. The molecule has 5 nitrogen and oxygen atoms in total.